The molecule has 0 aliphatic heterocycles. The van der Waals surface area contributed by atoms with Gasteiger partial charge in [0.05, 0.1) is 22.9 Å². The number of ether oxygens (including phenoxy) is 2. The fraction of sp³-hybridized carbons (Fsp3) is 0.304. The second-order valence-electron chi connectivity index (χ2n) is 6.95. The summed E-state index contributed by atoms with van der Waals surface area (Å²) in [6.45, 7) is 1.77. The number of nitrogens with one attached hydrogen (secondary N) is 2. The van der Waals surface area contributed by atoms with Crippen LogP contribution in [0.4, 0.5) is 11.4 Å². The highest BCUT2D eigenvalue weighted by molar-refractivity contribution is 6.35. The standard InChI is InChI=1S/C23H24Cl2N2O6/c1-2-12-32-23(31)15-6-9-17(10-7-15)26-20(28)4-3-5-22(30)33-14-21(29)27-19-13-16(24)8-11-18(19)25/h6-11,13H,2-5,12,14H2,1H3,(H,26,28)(H,27,29). The number of carbonyl (C=O) groups excluding carboxylic acids is 4. The zero-order valence-corrected chi connectivity index (χ0v) is 19.5. The van der Waals surface area contributed by atoms with Crippen molar-refractivity contribution in [1.82, 2.24) is 0 Å². The molecule has 2 rings (SSSR count). The second kappa shape index (κ2) is 13.4. The highest BCUT2D eigenvalue weighted by Gasteiger charge is 2.12. The maximum absolute atomic E-state index is 12.0. The summed E-state index contributed by atoms with van der Waals surface area (Å²) < 4.78 is 9.95. The lowest BCUT2D eigenvalue weighted by molar-refractivity contribution is -0.147. The van der Waals surface area contributed by atoms with E-state index < -0.39 is 24.5 Å². The fourth-order valence-corrected chi connectivity index (χ4v) is 2.92. The molecule has 0 aliphatic carbocycles. The van der Waals surface area contributed by atoms with Crippen LogP contribution < -0.4 is 10.6 Å². The van der Waals surface area contributed by atoms with Crippen LogP contribution in [0.25, 0.3) is 0 Å². The average Bonchev–Trinajstić information content (AvgIpc) is 2.79. The smallest absolute Gasteiger partial charge is 0.338 e. The molecular formula is C23H24Cl2N2O6. The van der Waals surface area contributed by atoms with E-state index in [-0.39, 0.29) is 25.2 Å². The summed E-state index contributed by atoms with van der Waals surface area (Å²) in [6, 6.07) is 10.9. The molecule has 2 aromatic carbocycles. The fourth-order valence-electron chi connectivity index (χ4n) is 2.58. The van der Waals surface area contributed by atoms with Crippen molar-refractivity contribution in [3.05, 3.63) is 58.1 Å². The third-order valence-electron chi connectivity index (χ3n) is 4.19. The predicted octanol–water partition coefficient (Wildman–Crippen LogP) is 4.85. The Morgan fingerprint density at radius 3 is 2.30 bits per heavy atom. The summed E-state index contributed by atoms with van der Waals surface area (Å²) in [4.78, 5) is 47.5. The Bertz CT molecular complexity index is 995. The highest BCUT2D eigenvalue weighted by Crippen LogP contribution is 2.25. The Morgan fingerprint density at radius 1 is 0.879 bits per heavy atom. The number of benzene rings is 2. The van der Waals surface area contributed by atoms with Crippen LogP contribution in [0.5, 0.6) is 0 Å². The summed E-state index contributed by atoms with van der Waals surface area (Å²) in [5.74, 6) is -1.88. The van der Waals surface area contributed by atoms with Gasteiger partial charge in [-0.05, 0) is 55.3 Å². The Hall–Kier alpha value is -3.10. The number of hydrogen-bond acceptors (Lipinski definition) is 6. The maximum Gasteiger partial charge on any atom is 0.338 e. The summed E-state index contributed by atoms with van der Waals surface area (Å²) in [6.07, 6.45) is 1.03. The van der Waals surface area contributed by atoms with Gasteiger partial charge in [-0.2, -0.15) is 0 Å². The molecule has 0 saturated carbocycles. The zero-order valence-electron chi connectivity index (χ0n) is 18.0. The van der Waals surface area contributed by atoms with Crippen molar-refractivity contribution in [2.75, 3.05) is 23.8 Å². The van der Waals surface area contributed by atoms with Gasteiger partial charge in [-0.3, -0.25) is 14.4 Å². The van der Waals surface area contributed by atoms with Gasteiger partial charge < -0.3 is 20.1 Å². The first-order valence-corrected chi connectivity index (χ1v) is 11.0. The van der Waals surface area contributed by atoms with Crippen LogP contribution in [0.2, 0.25) is 10.0 Å². The minimum absolute atomic E-state index is 0.0270. The summed E-state index contributed by atoms with van der Waals surface area (Å²) >= 11 is 11.8. The molecule has 0 fully saturated rings. The molecule has 8 nitrogen and oxygen atoms in total. The number of halogens is 2. The van der Waals surface area contributed by atoms with E-state index in [0.717, 1.165) is 6.42 Å². The van der Waals surface area contributed by atoms with Crippen LogP contribution in [0.15, 0.2) is 42.5 Å². The first-order valence-electron chi connectivity index (χ1n) is 10.3. The van der Waals surface area contributed by atoms with Crippen molar-refractivity contribution in [1.29, 1.82) is 0 Å². The molecule has 2 N–H and O–H groups in total. The number of carbonyl (C=O) groups is 4. The minimum Gasteiger partial charge on any atom is -0.462 e. The lowest BCUT2D eigenvalue weighted by atomic mass is 10.2. The van der Waals surface area contributed by atoms with Gasteiger partial charge in [0, 0.05) is 23.6 Å². The van der Waals surface area contributed by atoms with E-state index >= 15 is 0 Å². The molecule has 176 valence electrons. The van der Waals surface area contributed by atoms with Crippen molar-refractivity contribution in [2.45, 2.75) is 32.6 Å². The second-order valence-corrected chi connectivity index (χ2v) is 7.79. The van der Waals surface area contributed by atoms with Crippen LogP contribution in [-0.4, -0.2) is 37.0 Å². The molecular weight excluding hydrogens is 471 g/mol. The average molecular weight is 495 g/mol. The third-order valence-corrected chi connectivity index (χ3v) is 4.76. The van der Waals surface area contributed by atoms with Gasteiger partial charge in [-0.1, -0.05) is 30.1 Å². The van der Waals surface area contributed by atoms with Gasteiger partial charge in [0.25, 0.3) is 5.91 Å². The van der Waals surface area contributed by atoms with E-state index in [1.807, 2.05) is 6.92 Å². The molecule has 0 saturated heterocycles. The molecule has 0 bridgehead atoms. The molecule has 0 radical (unpaired) electrons. The monoisotopic (exact) mass is 494 g/mol. The van der Waals surface area contributed by atoms with E-state index in [0.29, 0.717) is 33.6 Å². The first-order chi connectivity index (χ1) is 15.8. The Balaban J connectivity index is 1.66. The number of rotatable bonds is 11. The van der Waals surface area contributed by atoms with Crippen LogP contribution in [0.3, 0.4) is 0 Å². The largest absolute Gasteiger partial charge is 0.462 e. The summed E-state index contributed by atoms with van der Waals surface area (Å²) in [5.41, 5.74) is 1.23. The third kappa shape index (κ3) is 9.51. The van der Waals surface area contributed by atoms with E-state index in [2.05, 4.69) is 10.6 Å². The van der Waals surface area contributed by atoms with Crippen LogP contribution >= 0.6 is 23.2 Å². The van der Waals surface area contributed by atoms with Gasteiger partial charge in [0.15, 0.2) is 6.61 Å². The minimum atomic E-state index is -0.606. The predicted molar refractivity (Wildman–Crippen MR) is 126 cm³/mol. The number of anilines is 2. The topological polar surface area (TPSA) is 111 Å². The lowest BCUT2D eigenvalue weighted by Crippen LogP contribution is -2.21. The number of amides is 2. The summed E-state index contributed by atoms with van der Waals surface area (Å²) in [7, 11) is 0. The molecule has 10 heteroatoms. The van der Waals surface area contributed by atoms with Crippen LogP contribution in [-0.2, 0) is 23.9 Å². The van der Waals surface area contributed by atoms with E-state index in [1.165, 1.54) is 12.1 Å². The molecule has 0 unspecified atom stereocenters. The molecule has 33 heavy (non-hydrogen) atoms. The molecule has 0 aromatic heterocycles. The Morgan fingerprint density at radius 2 is 1.61 bits per heavy atom. The molecule has 0 atom stereocenters. The normalized spacial score (nSPS) is 10.3. The van der Waals surface area contributed by atoms with Crippen molar-refractivity contribution in [3.8, 4) is 0 Å². The lowest BCUT2D eigenvalue weighted by Gasteiger charge is -2.09. The number of esters is 2. The van der Waals surface area contributed by atoms with Crippen molar-refractivity contribution in [2.24, 2.45) is 0 Å². The van der Waals surface area contributed by atoms with E-state index in [1.54, 1.807) is 30.3 Å². The Labute approximate surface area is 201 Å². The molecule has 0 spiro atoms. The highest BCUT2D eigenvalue weighted by atomic mass is 35.5. The molecule has 2 aromatic rings. The SMILES string of the molecule is CCCOC(=O)c1ccc(NC(=O)CCCC(=O)OCC(=O)Nc2cc(Cl)ccc2Cl)cc1. The quantitative estimate of drug-likeness (QED) is 0.431. The van der Waals surface area contributed by atoms with Crippen molar-refractivity contribution >= 4 is 58.3 Å². The maximum atomic E-state index is 12.0. The van der Waals surface area contributed by atoms with Gasteiger partial charge in [0.1, 0.15) is 0 Å². The van der Waals surface area contributed by atoms with Crippen LogP contribution in [0.1, 0.15) is 43.0 Å². The first kappa shape index (κ1) is 26.2. The van der Waals surface area contributed by atoms with Gasteiger partial charge >= 0.3 is 11.9 Å². The van der Waals surface area contributed by atoms with Gasteiger partial charge in [0.2, 0.25) is 5.91 Å². The zero-order chi connectivity index (χ0) is 24.2. The van der Waals surface area contributed by atoms with E-state index in [9.17, 15) is 19.2 Å². The van der Waals surface area contributed by atoms with Gasteiger partial charge in [-0.15, -0.1) is 0 Å². The number of hydrogen-bond donors (Lipinski definition) is 2. The van der Waals surface area contributed by atoms with Crippen molar-refractivity contribution < 1.29 is 28.7 Å². The molecule has 2 amide bonds. The van der Waals surface area contributed by atoms with Crippen molar-refractivity contribution in [3.63, 3.8) is 0 Å². The van der Waals surface area contributed by atoms with Crippen LogP contribution in [0, 0.1) is 0 Å². The molecule has 0 aliphatic rings. The molecule has 0 heterocycles. The van der Waals surface area contributed by atoms with Gasteiger partial charge in [-0.25, -0.2) is 4.79 Å². The van der Waals surface area contributed by atoms with E-state index in [4.69, 9.17) is 32.7 Å². The Kier molecular flexibility index (Phi) is 10.7. The summed E-state index contributed by atoms with van der Waals surface area (Å²) in [5, 5.41) is 5.89.